The Hall–Kier alpha value is -1.63. The number of nitrogens with zero attached hydrogens (tertiary/aromatic N) is 1. The number of carbonyl (C=O) groups is 2. The Morgan fingerprint density at radius 1 is 1.33 bits per heavy atom. The van der Waals surface area contributed by atoms with Crippen molar-refractivity contribution in [1.29, 1.82) is 0 Å². The Morgan fingerprint density at radius 3 is 2.62 bits per heavy atom. The number of aromatic nitrogens is 1. The zero-order valence-electron chi connectivity index (χ0n) is 11.2. The number of amides is 1. The van der Waals surface area contributed by atoms with Crippen LogP contribution in [0.1, 0.15) is 23.2 Å². The first-order chi connectivity index (χ1) is 9.97. The molecule has 3 rings (SSSR count). The lowest BCUT2D eigenvalue weighted by Gasteiger charge is -2.16. The van der Waals surface area contributed by atoms with Crippen molar-refractivity contribution in [3.63, 3.8) is 0 Å². The standard InChI is InChI=1S/C14H15BrN2O4/c15-11-3-8(4-16-12(11)18)13(19)17-5-9(7-1-2-7)10(6-17)14(20)21/h3-4,7,9-10H,1-2,5-6H2,(H,16,18)(H,20,21)/t9-,10+/m1/s1. The van der Waals surface area contributed by atoms with Gasteiger partial charge in [-0.2, -0.15) is 0 Å². The average Bonchev–Trinajstić information content (AvgIpc) is 3.19. The van der Waals surface area contributed by atoms with Gasteiger partial charge in [0, 0.05) is 19.3 Å². The fourth-order valence-electron chi connectivity index (χ4n) is 3.02. The third-order valence-electron chi connectivity index (χ3n) is 4.30. The van der Waals surface area contributed by atoms with Crippen molar-refractivity contribution < 1.29 is 14.7 Å². The van der Waals surface area contributed by atoms with Gasteiger partial charge in [-0.25, -0.2) is 0 Å². The maximum absolute atomic E-state index is 12.5. The van der Waals surface area contributed by atoms with Gasteiger partial charge in [0.25, 0.3) is 11.5 Å². The molecule has 1 aromatic rings. The van der Waals surface area contributed by atoms with E-state index in [1.807, 2.05) is 0 Å². The summed E-state index contributed by atoms with van der Waals surface area (Å²) in [5, 5.41) is 9.32. The van der Waals surface area contributed by atoms with E-state index in [0.29, 0.717) is 22.5 Å². The van der Waals surface area contributed by atoms with Crippen molar-refractivity contribution in [1.82, 2.24) is 9.88 Å². The monoisotopic (exact) mass is 354 g/mol. The number of carbonyl (C=O) groups excluding carboxylic acids is 1. The van der Waals surface area contributed by atoms with Crippen molar-refractivity contribution in [2.24, 2.45) is 17.8 Å². The second kappa shape index (κ2) is 5.29. The molecule has 1 aliphatic carbocycles. The van der Waals surface area contributed by atoms with Gasteiger partial charge in [0.15, 0.2) is 0 Å². The fourth-order valence-corrected chi connectivity index (χ4v) is 3.38. The number of carboxylic acids is 1. The number of carboxylic acid groups (broad SMARTS) is 1. The topological polar surface area (TPSA) is 90.5 Å². The third kappa shape index (κ3) is 2.74. The van der Waals surface area contributed by atoms with Crippen molar-refractivity contribution in [2.75, 3.05) is 13.1 Å². The zero-order valence-corrected chi connectivity index (χ0v) is 12.8. The summed E-state index contributed by atoms with van der Waals surface area (Å²) >= 11 is 3.09. The van der Waals surface area contributed by atoms with Crippen LogP contribution >= 0.6 is 15.9 Å². The molecule has 0 bridgehead atoms. The number of H-pyrrole nitrogens is 1. The molecule has 1 amide bonds. The van der Waals surface area contributed by atoms with E-state index in [4.69, 9.17) is 0 Å². The molecule has 21 heavy (non-hydrogen) atoms. The summed E-state index contributed by atoms with van der Waals surface area (Å²) in [4.78, 5) is 39.2. The van der Waals surface area contributed by atoms with E-state index >= 15 is 0 Å². The van der Waals surface area contributed by atoms with Crippen LogP contribution < -0.4 is 5.56 Å². The van der Waals surface area contributed by atoms with E-state index < -0.39 is 11.9 Å². The van der Waals surface area contributed by atoms with Gasteiger partial charge in [0.05, 0.1) is 16.0 Å². The minimum absolute atomic E-state index is 0.0534. The predicted octanol–water partition coefficient (Wildman–Crippen LogP) is 1.32. The van der Waals surface area contributed by atoms with E-state index in [1.165, 1.54) is 12.3 Å². The maximum Gasteiger partial charge on any atom is 0.308 e. The van der Waals surface area contributed by atoms with Gasteiger partial charge >= 0.3 is 5.97 Å². The lowest BCUT2D eigenvalue weighted by atomic mass is 9.92. The molecule has 2 atom stereocenters. The first-order valence-electron chi connectivity index (χ1n) is 6.87. The third-order valence-corrected chi connectivity index (χ3v) is 4.89. The summed E-state index contributed by atoms with van der Waals surface area (Å²) in [6.07, 6.45) is 3.48. The lowest BCUT2D eigenvalue weighted by Crippen LogP contribution is -2.30. The average molecular weight is 355 g/mol. The number of hydrogen-bond acceptors (Lipinski definition) is 3. The zero-order chi connectivity index (χ0) is 15.1. The number of aromatic amines is 1. The summed E-state index contributed by atoms with van der Waals surface area (Å²) < 4.78 is 0.293. The molecule has 0 spiro atoms. The molecule has 7 heteroatoms. The van der Waals surface area contributed by atoms with E-state index in [-0.39, 0.29) is 23.9 Å². The van der Waals surface area contributed by atoms with Crippen LogP contribution in [0.5, 0.6) is 0 Å². The Balaban J connectivity index is 1.80. The molecule has 1 aromatic heterocycles. The summed E-state index contributed by atoms with van der Waals surface area (Å²) in [5.74, 6) is -1.05. The summed E-state index contributed by atoms with van der Waals surface area (Å²) in [7, 11) is 0. The van der Waals surface area contributed by atoms with Crippen LogP contribution in [0.25, 0.3) is 0 Å². The molecule has 1 saturated heterocycles. The highest BCUT2D eigenvalue weighted by molar-refractivity contribution is 9.10. The van der Waals surface area contributed by atoms with Crippen LogP contribution in [0.2, 0.25) is 0 Å². The molecule has 1 aliphatic heterocycles. The SMILES string of the molecule is O=C(O)[C@H]1CN(C(=O)c2c[nH]c(=O)c(Br)c2)C[C@@H]1C1CC1. The van der Waals surface area contributed by atoms with Crippen LogP contribution in [0, 0.1) is 17.8 Å². The molecule has 6 nitrogen and oxygen atoms in total. The van der Waals surface area contributed by atoms with Crippen LogP contribution in [-0.4, -0.2) is 40.0 Å². The molecular weight excluding hydrogens is 340 g/mol. The van der Waals surface area contributed by atoms with Gasteiger partial charge in [-0.15, -0.1) is 0 Å². The van der Waals surface area contributed by atoms with Gasteiger partial charge in [-0.05, 0) is 46.7 Å². The molecule has 0 radical (unpaired) electrons. The molecular formula is C14H15BrN2O4. The van der Waals surface area contributed by atoms with Crippen molar-refractivity contribution in [3.05, 3.63) is 32.7 Å². The Bertz CT molecular complexity index is 653. The first-order valence-corrected chi connectivity index (χ1v) is 7.67. The number of likely N-dealkylation sites (tertiary alicyclic amines) is 1. The van der Waals surface area contributed by atoms with Crippen LogP contribution in [0.15, 0.2) is 21.5 Å². The highest BCUT2D eigenvalue weighted by Crippen LogP contribution is 2.44. The Morgan fingerprint density at radius 2 is 2.05 bits per heavy atom. The smallest absolute Gasteiger partial charge is 0.308 e. The Kier molecular flexibility index (Phi) is 3.61. The van der Waals surface area contributed by atoms with Crippen molar-refractivity contribution in [3.8, 4) is 0 Å². The summed E-state index contributed by atoms with van der Waals surface area (Å²) in [6, 6.07) is 1.47. The minimum atomic E-state index is -0.829. The first kappa shape index (κ1) is 14.3. The molecule has 2 N–H and O–H groups in total. The number of nitrogens with one attached hydrogen (secondary N) is 1. The van der Waals surface area contributed by atoms with Crippen molar-refractivity contribution in [2.45, 2.75) is 12.8 Å². The number of rotatable bonds is 3. The van der Waals surface area contributed by atoms with Gasteiger partial charge in [0.2, 0.25) is 0 Å². The Labute approximate surface area is 129 Å². The summed E-state index contributed by atoms with van der Waals surface area (Å²) in [6.45, 7) is 0.725. The second-order valence-corrected chi connectivity index (χ2v) is 6.58. The maximum atomic E-state index is 12.5. The molecule has 0 unspecified atom stereocenters. The van der Waals surface area contributed by atoms with E-state index in [9.17, 15) is 19.5 Å². The molecule has 2 aliphatic rings. The quantitative estimate of drug-likeness (QED) is 0.856. The predicted molar refractivity (Wildman–Crippen MR) is 78.0 cm³/mol. The van der Waals surface area contributed by atoms with E-state index in [1.54, 1.807) is 4.90 Å². The van der Waals surface area contributed by atoms with E-state index in [2.05, 4.69) is 20.9 Å². The fraction of sp³-hybridized carbons (Fsp3) is 0.500. The highest BCUT2D eigenvalue weighted by Gasteiger charge is 2.46. The molecule has 0 aromatic carbocycles. The van der Waals surface area contributed by atoms with Crippen LogP contribution in [0.4, 0.5) is 0 Å². The molecule has 2 fully saturated rings. The number of pyridine rings is 1. The van der Waals surface area contributed by atoms with Gasteiger partial charge in [-0.1, -0.05) is 0 Å². The van der Waals surface area contributed by atoms with Gasteiger partial charge < -0.3 is 15.0 Å². The largest absolute Gasteiger partial charge is 0.481 e. The highest BCUT2D eigenvalue weighted by atomic mass is 79.9. The normalized spacial score (nSPS) is 25.1. The number of halogens is 1. The van der Waals surface area contributed by atoms with Crippen LogP contribution in [-0.2, 0) is 4.79 Å². The number of aliphatic carboxylic acids is 1. The lowest BCUT2D eigenvalue weighted by molar-refractivity contribution is -0.142. The van der Waals surface area contributed by atoms with Gasteiger partial charge in [0.1, 0.15) is 0 Å². The summed E-state index contributed by atoms with van der Waals surface area (Å²) in [5.41, 5.74) is 0.0642. The molecule has 2 heterocycles. The van der Waals surface area contributed by atoms with Gasteiger partial charge in [-0.3, -0.25) is 14.4 Å². The second-order valence-electron chi connectivity index (χ2n) is 5.72. The molecule has 1 saturated carbocycles. The van der Waals surface area contributed by atoms with Crippen molar-refractivity contribution >= 4 is 27.8 Å². The minimum Gasteiger partial charge on any atom is -0.481 e. The molecule has 112 valence electrons. The van der Waals surface area contributed by atoms with E-state index in [0.717, 1.165) is 12.8 Å². The van der Waals surface area contributed by atoms with Crippen LogP contribution in [0.3, 0.4) is 0 Å². The number of hydrogen-bond donors (Lipinski definition) is 2.